The summed E-state index contributed by atoms with van der Waals surface area (Å²) in [6, 6.07) is 11.9. The van der Waals surface area contributed by atoms with Gasteiger partial charge in [-0.2, -0.15) is 0 Å². The van der Waals surface area contributed by atoms with Crippen LogP contribution < -0.4 is 9.64 Å². The summed E-state index contributed by atoms with van der Waals surface area (Å²) in [7, 11) is 1.36. The van der Waals surface area contributed by atoms with Crippen molar-refractivity contribution < 1.29 is 19.2 Å². The van der Waals surface area contributed by atoms with Crippen molar-refractivity contribution in [3.05, 3.63) is 58.1 Å². The Morgan fingerprint density at radius 3 is 2.90 bits per heavy atom. The molecule has 2 heterocycles. The number of carbonyl (C=O) groups is 1. The standard InChI is InChI=1S/C20H19N3O5S/c1-27-17-9-8-13(11-16(17)23(25)26)19(24)22(12-14-5-4-10-28-14)20-21-15-6-2-3-7-18(15)29-20/h2-3,6-9,11,14H,4-5,10,12H2,1H3/t14-/m1/s1. The topological polar surface area (TPSA) is 94.8 Å². The van der Waals surface area contributed by atoms with Gasteiger partial charge < -0.3 is 9.47 Å². The molecular formula is C20H19N3O5S. The molecule has 1 fully saturated rings. The van der Waals surface area contributed by atoms with Crippen molar-refractivity contribution in [1.82, 2.24) is 4.98 Å². The van der Waals surface area contributed by atoms with E-state index >= 15 is 0 Å². The summed E-state index contributed by atoms with van der Waals surface area (Å²) >= 11 is 1.41. The fourth-order valence-electron chi connectivity index (χ4n) is 3.34. The molecule has 0 spiro atoms. The normalized spacial score (nSPS) is 16.1. The summed E-state index contributed by atoms with van der Waals surface area (Å²) < 4.78 is 11.7. The molecule has 1 aliphatic heterocycles. The fourth-order valence-corrected chi connectivity index (χ4v) is 4.31. The third-order valence-corrected chi connectivity index (χ3v) is 5.85. The van der Waals surface area contributed by atoms with E-state index in [1.807, 2.05) is 24.3 Å². The minimum atomic E-state index is -0.558. The molecular weight excluding hydrogens is 394 g/mol. The molecule has 29 heavy (non-hydrogen) atoms. The lowest BCUT2D eigenvalue weighted by Crippen LogP contribution is -2.37. The number of methoxy groups -OCH3 is 1. The second kappa shape index (κ2) is 8.14. The SMILES string of the molecule is COc1ccc(C(=O)N(C[C@H]2CCCO2)c2nc3ccccc3s2)cc1[N+](=O)[O-]. The minimum Gasteiger partial charge on any atom is -0.490 e. The quantitative estimate of drug-likeness (QED) is 0.447. The molecule has 0 aliphatic carbocycles. The largest absolute Gasteiger partial charge is 0.490 e. The molecule has 8 nitrogen and oxygen atoms in total. The molecule has 4 rings (SSSR count). The third kappa shape index (κ3) is 3.92. The molecule has 1 aromatic heterocycles. The van der Waals surface area contributed by atoms with Crippen LogP contribution in [-0.4, -0.2) is 42.2 Å². The number of amides is 1. The van der Waals surface area contributed by atoms with Crippen LogP contribution in [0.5, 0.6) is 5.75 Å². The maximum atomic E-state index is 13.4. The highest BCUT2D eigenvalue weighted by Gasteiger charge is 2.28. The lowest BCUT2D eigenvalue weighted by molar-refractivity contribution is -0.385. The van der Waals surface area contributed by atoms with E-state index in [1.165, 1.54) is 36.6 Å². The van der Waals surface area contributed by atoms with Crippen LogP contribution in [0.4, 0.5) is 10.8 Å². The van der Waals surface area contributed by atoms with Gasteiger partial charge >= 0.3 is 5.69 Å². The highest BCUT2D eigenvalue weighted by molar-refractivity contribution is 7.22. The van der Waals surface area contributed by atoms with E-state index in [0.717, 1.165) is 23.1 Å². The summed E-state index contributed by atoms with van der Waals surface area (Å²) in [5.41, 5.74) is 0.757. The first-order valence-corrected chi connectivity index (χ1v) is 10.00. The van der Waals surface area contributed by atoms with Gasteiger partial charge in [0.25, 0.3) is 5.91 Å². The average Bonchev–Trinajstić information content (AvgIpc) is 3.40. The molecule has 1 saturated heterocycles. The van der Waals surface area contributed by atoms with E-state index in [1.54, 1.807) is 4.90 Å². The van der Waals surface area contributed by atoms with Crippen molar-refractivity contribution in [3.63, 3.8) is 0 Å². The van der Waals surface area contributed by atoms with E-state index in [0.29, 0.717) is 18.3 Å². The Kier molecular flexibility index (Phi) is 5.41. The van der Waals surface area contributed by atoms with Crippen LogP contribution in [-0.2, 0) is 4.74 Å². The second-order valence-corrected chi connectivity index (χ2v) is 7.67. The minimum absolute atomic E-state index is 0.0841. The zero-order chi connectivity index (χ0) is 20.4. The van der Waals surface area contributed by atoms with Gasteiger partial charge in [0.05, 0.1) is 34.9 Å². The van der Waals surface area contributed by atoms with Crippen molar-refractivity contribution in [3.8, 4) is 5.75 Å². The molecule has 1 atom stereocenters. The molecule has 0 radical (unpaired) electrons. The van der Waals surface area contributed by atoms with E-state index in [-0.39, 0.29) is 29.0 Å². The molecule has 1 aliphatic rings. The summed E-state index contributed by atoms with van der Waals surface area (Å²) in [5.74, 6) is -0.248. The maximum absolute atomic E-state index is 13.4. The molecule has 1 amide bonds. The molecule has 9 heteroatoms. The number of rotatable bonds is 6. The number of nitro benzene ring substituents is 1. The number of para-hydroxylation sites is 1. The lowest BCUT2D eigenvalue weighted by Gasteiger charge is -2.23. The number of nitro groups is 1. The van der Waals surface area contributed by atoms with E-state index in [4.69, 9.17) is 9.47 Å². The lowest BCUT2D eigenvalue weighted by atomic mass is 10.1. The number of ether oxygens (including phenoxy) is 2. The van der Waals surface area contributed by atoms with Crippen molar-refractivity contribution >= 4 is 38.3 Å². The molecule has 150 valence electrons. The van der Waals surface area contributed by atoms with Crippen molar-refractivity contribution in [2.75, 3.05) is 25.2 Å². The van der Waals surface area contributed by atoms with E-state index < -0.39 is 4.92 Å². The Balaban J connectivity index is 1.73. The van der Waals surface area contributed by atoms with Crippen LogP contribution >= 0.6 is 11.3 Å². The van der Waals surface area contributed by atoms with Crippen LogP contribution in [0.25, 0.3) is 10.2 Å². The van der Waals surface area contributed by atoms with E-state index in [9.17, 15) is 14.9 Å². The summed E-state index contributed by atoms with van der Waals surface area (Å²) in [5, 5.41) is 11.9. The fraction of sp³-hybridized carbons (Fsp3) is 0.300. The van der Waals surface area contributed by atoms with Crippen LogP contribution in [0.1, 0.15) is 23.2 Å². The van der Waals surface area contributed by atoms with Crippen LogP contribution in [0.3, 0.4) is 0 Å². The number of thiazole rings is 1. The van der Waals surface area contributed by atoms with Gasteiger partial charge in [0.2, 0.25) is 0 Å². The smallest absolute Gasteiger partial charge is 0.311 e. The van der Waals surface area contributed by atoms with Gasteiger partial charge in [-0.25, -0.2) is 4.98 Å². The van der Waals surface area contributed by atoms with Crippen molar-refractivity contribution in [2.24, 2.45) is 0 Å². The van der Waals surface area contributed by atoms with Gasteiger partial charge in [-0.15, -0.1) is 0 Å². The zero-order valence-corrected chi connectivity index (χ0v) is 16.6. The van der Waals surface area contributed by atoms with E-state index in [2.05, 4.69) is 4.98 Å². The molecule has 3 aromatic rings. The van der Waals surface area contributed by atoms with Gasteiger partial charge in [-0.3, -0.25) is 19.8 Å². The van der Waals surface area contributed by atoms with Crippen molar-refractivity contribution in [1.29, 1.82) is 0 Å². The highest BCUT2D eigenvalue weighted by atomic mass is 32.1. The van der Waals surface area contributed by atoms with Gasteiger partial charge in [0.1, 0.15) is 0 Å². The number of anilines is 1. The maximum Gasteiger partial charge on any atom is 0.311 e. The molecule has 0 bridgehead atoms. The monoisotopic (exact) mass is 413 g/mol. The van der Waals surface area contributed by atoms with Gasteiger partial charge in [-0.05, 0) is 37.1 Å². The Bertz CT molecular complexity index is 1030. The molecule has 2 aromatic carbocycles. The Morgan fingerprint density at radius 1 is 1.38 bits per heavy atom. The first-order chi connectivity index (χ1) is 14.1. The van der Waals surface area contributed by atoms with Gasteiger partial charge in [0, 0.05) is 18.2 Å². The number of aromatic nitrogens is 1. The van der Waals surface area contributed by atoms with Crippen LogP contribution in [0.2, 0.25) is 0 Å². The predicted octanol–water partition coefficient (Wildman–Crippen LogP) is 4.04. The first-order valence-electron chi connectivity index (χ1n) is 9.18. The summed E-state index contributed by atoms with van der Waals surface area (Å²) in [6.07, 6.45) is 1.72. The Labute approximate surface area is 170 Å². The predicted molar refractivity (Wildman–Crippen MR) is 110 cm³/mol. The molecule has 0 unspecified atom stereocenters. The number of hydrogen-bond acceptors (Lipinski definition) is 7. The van der Waals surface area contributed by atoms with Crippen LogP contribution in [0.15, 0.2) is 42.5 Å². The number of benzene rings is 2. The highest BCUT2D eigenvalue weighted by Crippen LogP contribution is 2.32. The number of hydrogen-bond donors (Lipinski definition) is 0. The summed E-state index contributed by atoms with van der Waals surface area (Å²) in [6.45, 7) is 1.01. The number of fused-ring (bicyclic) bond motifs is 1. The average molecular weight is 413 g/mol. The summed E-state index contributed by atoms with van der Waals surface area (Å²) in [4.78, 5) is 30.3. The van der Waals surface area contributed by atoms with Gasteiger partial charge in [-0.1, -0.05) is 23.5 Å². The third-order valence-electron chi connectivity index (χ3n) is 4.79. The molecule has 0 saturated carbocycles. The Morgan fingerprint density at radius 2 is 2.21 bits per heavy atom. The van der Waals surface area contributed by atoms with Crippen LogP contribution in [0, 0.1) is 10.1 Å². The first kappa shape index (κ1) is 19.3. The zero-order valence-electron chi connectivity index (χ0n) is 15.7. The second-order valence-electron chi connectivity index (χ2n) is 6.66. The number of carbonyl (C=O) groups excluding carboxylic acids is 1. The van der Waals surface area contributed by atoms with Crippen molar-refractivity contribution in [2.45, 2.75) is 18.9 Å². The van der Waals surface area contributed by atoms with Gasteiger partial charge in [0.15, 0.2) is 10.9 Å². The molecule has 0 N–H and O–H groups in total. The number of nitrogens with zero attached hydrogens (tertiary/aromatic N) is 3. The Hall–Kier alpha value is -3.04.